The number of halogens is 1. The molecule has 10 heteroatoms. The van der Waals surface area contributed by atoms with Crippen molar-refractivity contribution in [3.63, 3.8) is 0 Å². The molecule has 36 heavy (non-hydrogen) atoms. The van der Waals surface area contributed by atoms with Crippen LogP contribution in [0.4, 0.5) is 0 Å². The largest absolute Gasteiger partial charge is 0.508 e. The molecule has 0 bridgehead atoms. The molecule has 200 valence electrons. The summed E-state index contributed by atoms with van der Waals surface area (Å²) in [6, 6.07) is 4.06. The number of carbonyl (C=O) groups excluding carboxylic acids is 2. The van der Waals surface area contributed by atoms with Gasteiger partial charge < -0.3 is 29.9 Å². The zero-order valence-corrected chi connectivity index (χ0v) is 23.8. The predicted octanol–water partition coefficient (Wildman–Crippen LogP) is 3.28. The Morgan fingerprint density at radius 2 is 1.92 bits per heavy atom. The molecule has 0 spiro atoms. The van der Waals surface area contributed by atoms with Crippen LogP contribution >= 0.6 is 22.6 Å². The van der Waals surface area contributed by atoms with Gasteiger partial charge in [-0.3, -0.25) is 9.59 Å². The first-order chi connectivity index (χ1) is 16.9. The van der Waals surface area contributed by atoms with E-state index in [1.807, 2.05) is 24.9 Å². The number of phenolic OH excluding ortho intramolecular Hbond substituents is 1. The molecule has 1 aliphatic heterocycles. The molecule has 1 saturated heterocycles. The summed E-state index contributed by atoms with van der Waals surface area (Å²) in [6.07, 6.45) is 0.614. The molecule has 9 nitrogen and oxygen atoms in total. The molecule has 3 N–H and O–H groups in total. The third-order valence-electron chi connectivity index (χ3n) is 6.94. The van der Waals surface area contributed by atoms with Crippen molar-refractivity contribution in [2.45, 2.75) is 76.9 Å². The lowest BCUT2D eigenvalue weighted by molar-refractivity contribution is -0.147. The summed E-state index contributed by atoms with van der Waals surface area (Å²) in [6.45, 7) is 7.43. The Morgan fingerprint density at radius 1 is 1.31 bits per heavy atom. The quantitative estimate of drug-likeness (QED) is 0.229. The van der Waals surface area contributed by atoms with E-state index in [4.69, 9.17) is 9.47 Å². The average molecular weight is 616 g/mol. The van der Waals surface area contributed by atoms with Gasteiger partial charge in [0.05, 0.1) is 12.2 Å². The second-order valence-electron chi connectivity index (χ2n) is 9.54. The van der Waals surface area contributed by atoms with Crippen LogP contribution in [0.2, 0.25) is 0 Å². The maximum Gasteiger partial charge on any atom is 0.326 e. The number of methoxy groups -OCH3 is 1. The highest BCUT2D eigenvalue weighted by molar-refractivity contribution is 14.1. The average Bonchev–Trinajstić information content (AvgIpc) is 3.52. The van der Waals surface area contributed by atoms with Gasteiger partial charge in [-0.1, -0.05) is 55.0 Å². The number of phenols is 1. The highest BCUT2D eigenvalue weighted by atomic mass is 127. The van der Waals surface area contributed by atoms with Gasteiger partial charge in [0.25, 0.3) is 5.91 Å². The number of hydrogen-bond acceptors (Lipinski definition) is 6. The Kier molecular flexibility index (Phi) is 10.7. The van der Waals surface area contributed by atoms with E-state index >= 15 is 0 Å². The van der Waals surface area contributed by atoms with Crippen molar-refractivity contribution in [1.29, 1.82) is 0 Å². The van der Waals surface area contributed by atoms with Gasteiger partial charge in [0.15, 0.2) is 5.60 Å². The number of aliphatic carboxylic acids is 1. The Bertz CT molecular complexity index is 968. The normalized spacial score (nSPS) is 22.8. The number of nitrogens with one attached hydrogen (secondary N) is 1. The van der Waals surface area contributed by atoms with E-state index in [1.165, 1.54) is 17.0 Å². The summed E-state index contributed by atoms with van der Waals surface area (Å²) in [7, 11) is 3.17. The molecule has 0 radical (unpaired) electrons. The van der Waals surface area contributed by atoms with Crippen molar-refractivity contribution < 1.29 is 34.1 Å². The lowest BCUT2D eigenvalue weighted by Gasteiger charge is -2.33. The molecular weight excluding hydrogens is 579 g/mol. The van der Waals surface area contributed by atoms with Crippen LogP contribution in [0.1, 0.15) is 46.1 Å². The Labute approximate surface area is 226 Å². The van der Waals surface area contributed by atoms with Crippen molar-refractivity contribution in [2.75, 3.05) is 14.2 Å². The molecule has 2 amide bonds. The van der Waals surface area contributed by atoms with Gasteiger partial charge in [0.1, 0.15) is 17.8 Å². The van der Waals surface area contributed by atoms with Crippen LogP contribution < -0.4 is 5.32 Å². The summed E-state index contributed by atoms with van der Waals surface area (Å²) < 4.78 is 13.3. The fourth-order valence-electron chi connectivity index (χ4n) is 4.30. The number of nitrogens with zero attached hydrogens (tertiary/aromatic N) is 1. The number of likely N-dealkylation sites (N-methyl/N-ethyl adjacent to an activating group) is 1. The summed E-state index contributed by atoms with van der Waals surface area (Å²) in [5.74, 6) is -2.21. The van der Waals surface area contributed by atoms with Crippen molar-refractivity contribution in [2.24, 2.45) is 5.92 Å². The fourth-order valence-corrected chi connectivity index (χ4v) is 4.70. The number of carboxylic acids is 1. The Balaban J connectivity index is 2.16. The number of rotatable bonds is 13. The maximum atomic E-state index is 13.5. The number of epoxide rings is 1. The molecule has 1 aromatic rings. The second kappa shape index (κ2) is 12.9. The lowest BCUT2D eigenvalue weighted by atomic mass is 9.93. The molecule has 0 saturated carbocycles. The monoisotopic (exact) mass is 616 g/mol. The third kappa shape index (κ3) is 7.19. The molecule has 0 unspecified atom stereocenters. The van der Waals surface area contributed by atoms with E-state index in [-0.39, 0.29) is 36.2 Å². The van der Waals surface area contributed by atoms with Crippen LogP contribution in [-0.2, 0) is 30.3 Å². The number of carboxylic acid groups (broad SMARTS) is 1. The first-order valence-corrected chi connectivity index (χ1v) is 13.2. The number of hydrogen-bond donors (Lipinski definition) is 3. The number of amides is 2. The predicted molar refractivity (Wildman–Crippen MR) is 144 cm³/mol. The number of carbonyl (C=O) groups is 3. The van der Waals surface area contributed by atoms with E-state index < -0.39 is 29.6 Å². The van der Waals surface area contributed by atoms with Gasteiger partial charge in [-0.05, 0) is 47.1 Å². The second-order valence-corrected chi connectivity index (χ2v) is 10.2. The fraction of sp³-hybridized carbons (Fsp3) is 0.577. The third-order valence-corrected chi connectivity index (χ3v) is 7.92. The van der Waals surface area contributed by atoms with Crippen LogP contribution in [-0.4, -0.2) is 76.9 Å². The summed E-state index contributed by atoms with van der Waals surface area (Å²) in [5, 5.41) is 21.8. The van der Waals surface area contributed by atoms with E-state index in [0.717, 1.165) is 5.57 Å². The Morgan fingerprint density at radius 3 is 2.42 bits per heavy atom. The van der Waals surface area contributed by atoms with Crippen LogP contribution in [0.3, 0.4) is 0 Å². The minimum absolute atomic E-state index is 0.0389. The minimum Gasteiger partial charge on any atom is -0.508 e. The summed E-state index contributed by atoms with van der Waals surface area (Å²) in [5.41, 5.74) is 0.596. The van der Waals surface area contributed by atoms with E-state index in [1.54, 1.807) is 33.2 Å². The molecule has 0 aliphatic carbocycles. The molecule has 1 aliphatic rings. The van der Waals surface area contributed by atoms with Gasteiger partial charge in [-0.2, -0.15) is 0 Å². The van der Waals surface area contributed by atoms with E-state index in [0.29, 0.717) is 18.4 Å². The smallest absolute Gasteiger partial charge is 0.326 e. The standard InChI is InChI=1S/C26H37IN2O7/c1-7-15(2)22(23(31)28-19(24(32)33)12-17-8-10-18(30)11-9-17)29(5)25(34)26(4)21(36-26)13-20(35-6)16(3)14-27/h8-11,14-15,19-22,30H,7,12-13H2,1-6H3,(H,28,31)(H,32,33)/b16-14+/t15-,19+,20+,21-,22-,26+/m0/s1. The number of benzene rings is 1. The first-order valence-electron chi connectivity index (χ1n) is 11.9. The van der Waals surface area contributed by atoms with Crippen LogP contribution in [0, 0.1) is 5.92 Å². The van der Waals surface area contributed by atoms with Gasteiger partial charge in [0.2, 0.25) is 5.91 Å². The van der Waals surface area contributed by atoms with E-state index in [2.05, 4.69) is 27.9 Å². The molecule has 0 aromatic heterocycles. The zero-order chi connectivity index (χ0) is 27.2. The van der Waals surface area contributed by atoms with Crippen molar-refractivity contribution in [3.05, 3.63) is 39.5 Å². The van der Waals surface area contributed by atoms with Gasteiger partial charge >= 0.3 is 5.97 Å². The lowest BCUT2D eigenvalue weighted by Crippen LogP contribution is -2.57. The van der Waals surface area contributed by atoms with Gasteiger partial charge in [-0.25, -0.2) is 4.79 Å². The first kappa shape index (κ1) is 30.0. The SMILES string of the molecule is CC[C@H](C)[C@@H](C(=O)N[C@H](Cc1ccc(O)cc1)C(=O)O)N(C)C(=O)[C@]1(C)O[C@H]1C[C@@H](OC)/C(C)=C/I. The summed E-state index contributed by atoms with van der Waals surface area (Å²) in [4.78, 5) is 40.1. The highest BCUT2D eigenvalue weighted by Gasteiger charge is 2.60. The number of aromatic hydroxyl groups is 1. The van der Waals surface area contributed by atoms with Gasteiger partial charge in [0, 0.05) is 27.0 Å². The Hall–Kier alpha value is -2.18. The molecule has 2 rings (SSSR count). The van der Waals surface area contributed by atoms with Crippen LogP contribution in [0.15, 0.2) is 33.9 Å². The van der Waals surface area contributed by atoms with Crippen LogP contribution in [0.5, 0.6) is 5.75 Å². The van der Waals surface area contributed by atoms with Crippen molar-refractivity contribution >= 4 is 40.4 Å². The van der Waals surface area contributed by atoms with Crippen molar-refractivity contribution in [3.8, 4) is 5.75 Å². The molecule has 6 atom stereocenters. The number of ether oxygens (including phenoxy) is 2. The highest BCUT2D eigenvalue weighted by Crippen LogP contribution is 2.42. The van der Waals surface area contributed by atoms with Crippen LogP contribution in [0.25, 0.3) is 0 Å². The van der Waals surface area contributed by atoms with E-state index in [9.17, 15) is 24.6 Å². The zero-order valence-electron chi connectivity index (χ0n) is 21.7. The summed E-state index contributed by atoms with van der Waals surface area (Å²) >= 11 is 2.15. The maximum absolute atomic E-state index is 13.5. The molecule has 1 aromatic carbocycles. The molecule has 1 fully saturated rings. The molecular formula is C26H37IN2O7. The van der Waals surface area contributed by atoms with Gasteiger partial charge in [-0.15, -0.1) is 0 Å². The minimum atomic E-state index is -1.19. The topological polar surface area (TPSA) is 129 Å². The van der Waals surface area contributed by atoms with Crippen molar-refractivity contribution in [1.82, 2.24) is 10.2 Å². The molecule has 1 heterocycles.